The van der Waals surface area contributed by atoms with Crippen molar-refractivity contribution >= 4 is 18.3 Å². The van der Waals surface area contributed by atoms with Crippen LogP contribution in [0.1, 0.15) is 42.6 Å². The predicted molar refractivity (Wildman–Crippen MR) is 120 cm³/mol. The molecule has 0 spiro atoms. The molecule has 0 unspecified atom stereocenters. The Morgan fingerprint density at radius 2 is 1.75 bits per heavy atom. The molecular formula is C24H30N2O6. The van der Waals surface area contributed by atoms with E-state index in [4.69, 9.17) is 14.6 Å². The summed E-state index contributed by atoms with van der Waals surface area (Å²) in [6.45, 7) is 5.54. The maximum absolute atomic E-state index is 12.6. The first-order valence-electron chi connectivity index (χ1n) is 10.4. The number of carbonyl (C=O) groups is 3. The first kappa shape index (κ1) is 24.9. The molecule has 0 bridgehead atoms. The molecule has 0 heterocycles. The number of aliphatic hydroxyl groups is 1. The average molecular weight is 443 g/mol. The molecule has 1 fully saturated rings. The molecule has 1 aliphatic carbocycles. The summed E-state index contributed by atoms with van der Waals surface area (Å²) in [6, 6.07) is 14.2. The number of carboxylic acid groups (broad SMARTS) is 1. The van der Waals surface area contributed by atoms with E-state index in [1.165, 1.54) is 0 Å². The lowest BCUT2D eigenvalue weighted by Crippen LogP contribution is -2.40. The lowest BCUT2D eigenvalue weighted by atomic mass is 10.1. The van der Waals surface area contributed by atoms with Gasteiger partial charge in [-0.25, -0.2) is 0 Å². The van der Waals surface area contributed by atoms with Crippen molar-refractivity contribution in [1.82, 2.24) is 10.6 Å². The third-order valence-corrected chi connectivity index (χ3v) is 4.99. The van der Waals surface area contributed by atoms with E-state index in [2.05, 4.69) is 10.6 Å². The molecular weight excluding hydrogens is 412 g/mol. The number of aryl methyl sites for hydroxylation is 1. The van der Waals surface area contributed by atoms with Gasteiger partial charge in [-0.2, -0.15) is 0 Å². The van der Waals surface area contributed by atoms with Gasteiger partial charge in [0, 0.05) is 17.5 Å². The van der Waals surface area contributed by atoms with Crippen LogP contribution in [0.4, 0.5) is 0 Å². The second kappa shape index (κ2) is 11.9. The van der Waals surface area contributed by atoms with Gasteiger partial charge in [0.25, 0.3) is 12.4 Å². The van der Waals surface area contributed by atoms with Gasteiger partial charge in [0.05, 0.1) is 12.1 Å². The average Bonchev–Trinajstić information content (AvgIpc) is 3.09. The Kier molecular flexibility index (Phi) is 9.22. The second-order valence-corrected chi connectivity index (χ2v) is 8.03. The topological polar surface area (TPSA) is 125 Å². The standard InChI is InChI=1S/C23H28N2O4.CH2O2/c1-14(2)24-23(28)17-12-20(21(26)13-17)25-22(27)16-7-9-18(10-8-16)29-19-6-4-5-15(3)11-19;2-1-3/h4-11,14,17,20-21,26H,12-13H2,1-3H3,(H,24,28)(H,25,27);1H,(H,2,3)/t17-,20-,21-;/m0./s1. The lowest BCUT2D eigenvalue weighted by molar-refractivity contribution is -0.125. The van der Waals surface area contributed by atoms with E-state index in [1.54, 1.807) is 24.3 Å². The van der Waals surface area contributed by atoms with Gasteiger partial charge in [0.15, 0.2) is 0 Å². The Balaban J connectivity index is 0.00000114. The van der Waals surface area contributed by atoms with Crippen LogP contribution in [0.15, 0.2) is 48.5 Å². The van der Waals surface area contributed by atoms with Gasteiger partial charge in [-0.3, -0.25) is 14.4 Å². The van der Waals surface area contributed by atoms with Crippen molar-refractivity contribution in [2.75, 3.05) is 0 Å². The Morgan fingerprint density at radius 1 is 1.09 bits per heavy atom. The second-order valence-electron chi connectivity index (χ2n) is 8.03. The summed E-state index contributed by atoms with van der Waals surface area (Å²) in [6.07, 6.45) is 0.0538. The highest BCUT2D eigenvalue weighted by Crippen LogP contribution is 2.27. The van der Waals surface area contributed by atoms with Crippen LogP contribution >= 0.6 is 0 Å². The van der Waals surface area contributed by atoms with E-state index in [9.17, 15) is 14.7 Å². The molecule has 0 saturated heterocycles. The molecule has 8 heteroatoms. The summed E-state index contributed by atoms with van der Waals surface area (Å²) in [5, 5.41) is 22.9. The zero-order valence-electron chi connectivity index (χ0n) is 18.4. The smallest absolute Gasteiger partial charge is 0.290 e. The molecule has 1 aliphatic rings. The SMILES string of the molecule is Cc1cccc(Oc2ccc(C(=O)N[C@H]3C[C@H](C(=O)NC(C)C)C[C@@H]3O)cc2)c1.O=CO. The number of aliphatic hydroxyl groups excluding tert-OH is 1. The molecule has 0 radical (unpaired) electrons. The highest BCUT2D eigenvalue weighted by atomic mass is 16.5. The fraction of sp³-hybridized carbons (Fsp3) is 0.375. The van der Waals surface area contributed by atoms with E-state index in [1.807, 2.05) is 45.0 Å². The van der Waals surface area contributed by atoms with Crippen LogP contribution in [-0.4, -0.2) is 46.7 Å². The van der Waals surface area contributed by atoms with Crippen molar-refractivity contribution < 1.29 is 29.3 Å². The quantitative estimate of drug-likeness (QED) is 0.510. The monoisotopic (exact) mass is 442 g/mol. The van der Waals surface area contributed by atoms with Gasteiger partial charge in [-0.15, -0.1) is 0 Å². The molecule has 3 atom stereocenters. The van der Waals surface area contributed by atoms with E-state index >= 15 is 0 Å². The first-order valence-corrected chi connectivity index (χ1v) is 10.4. The third kappa shape index (κ3) is 7.39. The highest BCUT2D eigenvalue weighted by Gasteiger charge is 2.37. The van der Waals surface area contributed by atoms with E-state index in [0.29, 0.717) is 24.2 Å². The van der Waals surface area contributed by atoms with E-state index in [-0.39, 0.29) is 30.2 Å². The Bertz CT molecular complexity index is 913. The molecule has 0 aromatic heterocycles. The minimum Gasteiger partial charge on any atom is -0.483 e. The number of hydrogen-bond donors (Lipinski definition) is 4. The van der Waals surface area contributed by atoms with Gasteiger partial charge < -0.3 is 25.6 Å². The molecule has 8 nitrogen and oxygen atoms in total. The number of amides is 2. The van der Waals surface area contributed by atoms with Crippen molar-refractivity contribution in [3.05, 3.63) is 59.7 Å². The van der Waals surface area contributed by atoms with E-state index < -0.39 is 12.1 Å². The van der Waals surface area contributed by atoms with Crippen molar-refractivity contribution in [3.63, 3.8) is 0 Å². The first-order chi connectivity index (χ1) is 15.2. The molecule has 4 N–H and O–H groups in total. The minimum absolute atomic E-state index is 0.0498. The Morgan fingerprint density at radius 3 is 2.34 bits per heavy atom. The molecule has 32 heavy (non-hydrogen) atoms. The number of nitrogens with one attached hydrogen (secondary N) is 2. The van der Waals surface area contributed by atoms with Crippen molar-refractivity contribution in [2.24, 2.45) is 5.92 Å². The van der Waals surface area contributed by atoms with Crippen LogP contribution in [0.3, 0.4) is 0 Å². The minimum atomic E-state index is -0.731. The number of rotatable bonds is 6. The molecule has 172 valence electrons. The zero-order chi connectivity index (χ0) is 23.7. The maximum Gasteiger partial charge on any atom is 0.290 e. The van der Waals surface area contributed by atoms with Gasteiger partial charge in [-0.05, 0) is 75.6 Å². The summed E-state index contributed by atoms with van der Waals surface area (Å²) < 4.78 is 5.80. The molecule has 0 aliphatic heterocycles. The van der Waals surface area contributed by atoms with Crippen LogP contribution in [0, 0.1) is 12.8 Å². The summed E-state index contributed by atoms with van der Waals surface area (Å²) in [5.41, 5.74) is 1.58. The summed E-state index contributed by atoms with van der Waals surface area (Å²) >= 11 is 0. The summed E-state index contributed by atoms with van der Waals surface area (Å²) in [4.78, 5) is 33.1. The largest absolute Gasteiger partial charge is 0.483 e. The Hall–Kier alpha value is -3.39. The van der Waals surface area contributed by atoms with E-state index in [0.717, 1.165) is 11.3 Å². The highest BCUT2D eigenvalue weighted by molar-refractivity contribution is 5.94. The van der Waals surface area contributed by atoms with Gasteiger partial charge >= 0.3 is 0 Å². The van der Waals surface area contributed by atoms with Gasteiger partial charge in [0.1, 0.15) is 11.5 Å². The molecule has 1 saturated carbocycles. The number of benzene rings is 2. The van der Waals surface area contributed by atoms with Gasteiger partial charge in [0.2, 0.25) is 5.91 Å². The van der Waals surface area contributed by atoms with Crippen LogP contribution in [0.2, 0.25) is 0 Å². The summed E-state index contributed by atoms with van der Waals surface area (Å²) in [5.74, 6) is 0.734. The third-order valence-electron chi connectivity index (χ3n) is 4.99. The lowest BCUT2D eigenvalue weighted by Gasteiger charge is -2.17. The molecule has 2 aromatic carbocycles. The molecule has 2 aromatic rings. The van der Waals surface area contributed by atoms with Crippen LogP contribution in [0.5, 0.6) is 11.5 Å². The number of ether oxygens (including phenoxy) is 1. The molecule has 3 rings (SSSR count). The van der Waals surface area contributed by atoms with Crippen molar-refractivity contribution in [2.45, 2.75) is 51.8 Å². The predicted octanol–water partition coefficient (Wildman–Crippen LogP) is 2.88. The fourth-order valence-corrected chi connectivity index (χ4v) is 3.53. The summed E-state index contributed by atoms with van der Waals surface area (Å²) in [7, 11) is 0. The van der Waals surface area contributed by atoms with Crippen molar-refractivity contribution in [1.29, 1.82) is 0 Å². The molecule has 2 amide bonds. The van der Waals surface area contributed by atoms with Crippen LogP contribution in [-0.2, 0) is 9.59 Å². The number of carbonyl (C=O) groups excluding carboxylic acids is 2. The Labute approximate surface area is 187 Å². The fourth-order valence-electron chi connectivity index (χ4n) is 3.53. The van der Waals surface area contributed by atoms with Crippen LogP contribution in [0.25, 0.3) is 0 Å². The van der Waals surface area contributed by atoms with Crippen LogP contribution < -0.4 is 15.4 Å². The maximum atomic E-state index is 12.6. The van der Waals surface area contributed by atoms with Gasteiger partial charge in [-0.1, -0.05) is 12.1 Å². The number of hydrogen-bond acceptors (Lipinski definition) is 5. The van der Waals surface area contributed by atoms with Crippen molar-refractivity contribution in [3.8, 4) is 11.5 Å². The zero-order valence-corrected chi connectivity index (χ0v) is 18.4. The normalized spacial score (nSPS) is 19.5.